The van der Waals surface area contributed by atoms with Gasteiger partial charge in [0.05, 0.1) is 5.75 Å². The summed E-state index contributed by atoms with van der Waals surface area (Å²) in [5.74, 6) is -0.319. The van der Waals surface area contributed by atoms with Crippen LogP contribution in [0.25, 0.3) is 0 Å². The SMILES string of the molecule is CCO[Si](CC)(OCC)OC(C)CCS(=O)(=O)O. The van der Waals surface area contributed by atoms with Crippen LogP contribution in [0.4, 0.5) is 0 Å². The van der Waals surface area contributed by atoms with Gasteiger partial charge in [-0.3, -0.25) is 4.55 Å². The summed E-state index contributed by atoms with van der Waals surface area (Å²) in [7, 11) is -6.66. The van der Waals surface area contributed by atoms with Gasteiger partial charge in [-0.15, -0.1) is 0 Å². The summed E-state index contributed by atoms with van der Waals surface area (Å²) < 4.78 is 47.0. The molecule has 6 nitrogen and oxygen atoms in total. The standard InChI is InChI=1S/C10H24O6SSi/c1-5-14-18(7-3,15-6-2)16-10(4)8-9-17(11,12)13/h10H,5-9H2,1-4H3,(H,11,12,13). The third-order valence-corrected chi connectivity index (χ3v) is 6.16. The van der Waals surface area contributed by atoms with Gasteiger partial charge < -0.3 is 13.3 Å². The third kappa shape index (κ3) is 7.44. The van der Waals surface area contributed by atoms with Crippen LogP contribution in [0, 0.1) is 0 Å². The molecule has 0 rings (SSSR count). The normalized spacial score (nSPS) is 14.7. The molecule has 0 saturated carbocycles. The molecule has 0 aromatic carbocycles. The van der Waals surface area contributed by atoms with Gasteiger partial charge >= 0.3 is 8.80 Å². The molecule has 0 aromatic heterocycles. The molecule has 0 bridgehead atoms. The van der Waals surface area contributed by atoms with Crippen molar-refractivity contribution >= 4 is 18.9 Å². The molecule has 0 radical (unpaired) electrons. The molecular weight excluding hydrogens is 276 g/mol. The minimum atomic E-state index is -3.95. The van der Waals surface area contributed by atoms with Crippen LogP contribution in [0.15, 0.2) is 0 Å². The van der Waals surface area contributed by atoms with E-state index in [4.69, 9.17) is 17.8 Å². The van der Waals surface area contributed by atoms with E-state index in [1.54, 1.807) is 6.92 Å². The molecule has 0 aliphatic heterocycles. The van der Waals surface area contributed by atoms with Gasteiger partial charge in [-0.05, 0) is 27.2 Å². The Morgan fingerprint density at radius 1 is 1.17 bits per heavy atom. The van der Waals surface area contributed by atoms with Crippen molar-refractivity contribution in [2.24, 2.45) is 0 Å². The molecule has 1 N–H and O–H groups in total. The predicted molar refractivity (Wildman–Crippen MR) is 71.1 cm³/mol. The first-order valence-corrected chi connectivity index (χ1v) is 9.73. The van der Waals surface area contributed by atoms with Crippen molar-refractivity contribution in [3.63, 3.8) is 0 Å². The number of rotatable bonds is 10. The molecule has 1 atom stereocenters. The van der Waals surface area contributed by atoms with Crippen molar-refractivity contribution in [3.05, 3.63) is 0 Å². The van der Waals surface area contributed by atoms with E-state index in [1.807, 2.05) is 20.8 Å². The third-order valence-electron chi connectivity index (χ3n) is 2.32. The Morgan fingerprint density at radius 3 is 2.00 bits per heavy atom. The van der Waals surface area contributed by atoms with Gasteiger partial charge in [-0.1, -0.05) is 6.92 Å². The minimum Gasteiger partial charge on any atom is -0.374 e. The smallest absolute Gasteiger partial charge is 0.374 e. The first kappa shape index (κ1) is 18.0. The van der Waals surface area contributed by atoms with Crippen LogP contribution < -0.4 is 0 Å². The summed E-state index contributed by atoms with van der Waals surface area (Å²) in [5, 5.41) is 0. The van der Waals surface area contributed by atoms with Crippen molar-refractivity contribution in [3.8, 4) is 0 Å². The first-order valence-electron chi connectivity index (χ1n) is 6.19. The van der Waals surface area contributed by atoms with E-state index < -0.39 is 18.9 Å². The zero-order valence-corrected chi connectivity index (χ0v) is 13.3. The lowest BCUT2D eigenvalue weighted by Gasteiger charge is -2.30. The van der Waals surface area contributed by atoms with Gasteiger partial charge in [0.15, 0.2) is 0 Å². The molecule has 0 fully saturated rings. The molecule has 0 aromatic rings. The zero-order chi connectivity index (χ0) is 14.2. The molecule has 0 aliphatic rings. The van der Waals surface area contributed by atoms with Crippen LogP contribution in [-0.2, 0) is 23.4 Å². The van der Waals surface area contributed by atoms with Crippen molar-refractivity contribution in [2.75, 3.05) is 19.0 Å². The quantitative estimate of drug-likeness (QED) is 0.488. The van der Waals surface area contributed by atoms with Crippen LogP contribution in [-0.4, -0.2) is 46.8 Å². The highest BCUT2D eigenvalue weighted by Crippen LogP contribution is 2.19. The molecular formula is C10H24O6SSi. The van der Waals surface area contributed by atoms with E-state index in [2.05, 4.69) is 0 Å². The number of hydrogen-bond donors (Lipinski definition) is 1. The highest BCUT2D eigenvalue weighted by Gasteiger charge is 2.40. The maximum atomic E-state index is 10.7. The van der Waals surface area contributed by atoms with Crippen molar-refractivity contribution in [2.45, 2.75) is 46.3 Å². The Kier molecular flexibility index (Phi) is 8.24. The maximum absolute atomic E-state index is 10.7. The van der Waals surface area contributed by atoms with Crippen LogP contribution in [0.5, 0.6) is 0 Å². The van der Waals surface area contributed by atoms with E-state index in [-0.39, 0.29) is 18.3 Å². The highest BCUT2D eigenvalue weighted by molar-refractivity contribution is 7.85. The van der Waals surface area contributed by atoms with Crippen LogP contribution in [0.3, 0.4) is 0 Å². The molecule has 8 heteroatoms. The lowest BCUT2D eigenvalue weighted by atomic mass is 10.3. The predicted octanol–water partition coefficient (Wildman–Crippen LogP) is 1.70. The molecule has 1 unspecified atom stereocenters. The fourth-order valence-corrected chi connectivity index (χ4v) is 4.55. The summed E-state index contributed by atoms with van der Waals surface area (Å²) >= 11 is 0. The molecule has 0 saturated heterocycles. The lowest BCUT2D eigenvalue weighted by molar-refractivity contribution is 0.0383. The second kappa shape index (κ2) is 8.23. The van der Waals surface area contributed by atoms with E-state index in [0.717, 1.165) is 0 Å². The van der Waals surface area contributed by atoms with Gasteiger partial charge in [0.25, 0.3) is 10.1 Å². The average molecular weight is 300 g/mol. The van der Waals surface area contributed by atoms with Crippen molar-refractivity contribution in [1.29, 1.82) is 0 Å². The molecule has 18 heavy (non-hydrogen) atoms. The van der Waals surface area contributed by atoms with Gasteiger partial charge in [0.1, 0.15) is 0 Å². The Labute approximate surface area is 111 Å². The van der Waals surface area contributed by atoms with Crippen molar-refractivity contribution in [1.82, 2.24) is 0 Å². The van der Waals surface area contributed by atoms with E-state index in [0.29, 0.717) is 19.3 Å². The molecule has 0 aliphatic carbocycles. The fraction of sp³-hybridized carbons (Fsp3) is 1.00. The van der Waals surface area contributed by atoms with Gasteiger partial charge in [0.2, 0.25) is 0 Å². The Morgan fingerprint density at radius 2 is 1.67 bits per heavy atom. The Balaban J connectivity index is 4.46. The van der Waals surface area contributed by atoms with Crippen LogP contribution in [0.1, 0.15) is 34.1 Å². The Hall–Kier alpha value is 0.00688. The minimum absolute atomic E-state index is 0.216. The summed E-state index contributed by atoms with van der Waals surface area (Å²) in [4.78, 5) is 0. The highest BCUT2D eigenvalue weighted by atomic mass is 32.2. The lowest BCUT2D eigenvalue weighted by Crippen LogP contribution is -2.47. The maximum Gasteiger partial charge on any atom is 0.500 e. The summed E-state index contributed by atoms with van der Waals surface area (Å²) in [5.41, 5.74) is 0. The average Bonchev–Trinajstić information content (AvgIpc) is 2.26. The molecule has 0 amide bonds. The topological polar surface area (TPSA) is 82.1 Å². The first-order chi connectivity index (χ1) is 8.28. The number of hydrogen-bond acceptors (Lipinski definition) is 5. The van der Waals surface area contributed by atoms with E-state index in [1.165, 1.54) is 0 Å². The summed E-state index contributed by atoms with van der Waals surface area (Å²) in [6, 6.07) is 0.630. The van der Waals surface area contributed by atoms with E-state index in [9.17, 15) is 8.42 Å². The van der Waals surface area contributed by atoms with Crippen molar-refractivity contribution < 1.29 is 26.2 Å². The molecule has 0 spiro atoms. The Bertz CT molecular complexity index is 312. The van der Waals surface area contributed by atoms with Gasteiger partial charge in [-0.25, -0.2) is 0 Å². The second-order valence-electron chi connectivity index (χ2n) is 3.91. The largest absolute Gasteiger partial charge is 0.500 e. The summed E-state index contributed by atoms with van der Waals surface area (Å²) in [6.07, 6.45) is -0.120. The zero-order valence-electron chi connectivity index (χ0n) is 11.5. The second-order valence-corrected chi connectivity index (χ2v) is 8.36. The molecule has 0 heterocycles. The van der Waals surface area contributed by atoms with E-state index >= 15 is 0 Å². The monoisotopic (exact) mass is 300 g/mol. The fourth-order valence-electron chi connectivity index (χ4n) is 1.52. The molecule has 110 valence electrons. The summed E-state index contributed by atoms with van der Waals surface area (Å²) in [6.45, 7) is 8.38. The van der Waals surface area contributed by atoms with Gasteiger partial charge in [0, 0.05) is 25.4 Å². The van der Waals surface area contributed by atoms with Gasteiger partial charge in [-0.2, -0.15) is 8.42 Å². The van der Waals surface area contributed by atoms with Crippen LogP contribution in [0.2, 0.25) is 6.04 Å². The van der Waals surface area contributed by atoms with Crippen LogP contribution >= 0.6 is 0 Å².